The summed E-state index contributed by atoms with van der Waals surface area (Å²) in [6, 6.07) is 9.86. The van der Waals surface area contributed by atoms with Crippen LogP contribution in [-0.4, -0.2) is 66.4 Å². The minimum absolute atomic E-state index is 0.288. The van der Waals surface area contributed by atoms with Crippen molar-refractivity contribution in [1.29, 1.82) is 0 Å². The average molecular weight is 452 g/mol. The summed E-state index contributed by atoms with van der Waals surface area (Å²) in [6.07, 6.45) is 2.10. The van der Waals surface area contributed by atoms with Crippen LogP contribution in [0, 0.1) is 5.82 Å². The number of aromatic nitrogens is 2. The molecule has 1 saturated heterocycles. The molecule has 1 atom stereocenters. The molecular weight excluding hydrogens is 431 g/mol. The molecule has 0 saturated carbocycles. The number of rotatable bonds is 6. The van der Waals surface area contributed by atoms with E-state index in [0.29, 0.717) is 53.9 Å². The molecule has 1 unspecified atom stereocenters. The lowest BCUT2D eigenvalue weighted by molar-refractivity contribution is 0.109. The van der Waals surface area contributed by atoms with Crippen LogP contribution < -0.4 is 10.2 Å². The van der Waals surface area contributed by atoms with Crippen molar-refractivity contribution in [3.8, 4) is 11.1 Å². The summed E-state index contributed by atoms with van der Waals surface area (Å²) in [4.78, 5) is 25.2. The van der Waals surface area contributed by atoms with Gasteiger partial charge in [0.25, 0.3) is 0 Å². The summed E-state index contributed by atoms with van der Waals surface area (Å²) in [5, 5.41) is 10.8. The highest BCUT2D eigenvalue weighted by Crippen LogP contribution is 2.29. The van der Waals surface area contributed by atoms with Crippen LogP contribution in [0.5, 0.6) is 0 Å². The highest BCUT2D eigenvalue weighted by atomic mass is 19.1. The van der Waals surface area contributed by atoms with Crippen LogP contribution in [-0.2, 0) is 9.57 Å². The van der Waals surface area contributed by atoms with Gasteiger partial charge in [-0.3, -0.25) is 9.88 Å². The number of amidine groups is 1. The van der Waals surface area contributed by atoms with Gasteiger partial charge in [0.1, 0.15) is 30.5 Å². The minimum Gasteiger partial charge on any atom is -0.442 e. The Labute approximate surface area is 188 Å². The van der Waals surface area contributed by atoms with Crippen LogP contribution in [0.25, 0.3) is 11.1 Å². The largest absolute Gasteiger partial charge is 0.442 e. The zero-order valence-corrected chi connectivity index (χ0v) is 17.8. The zero-order chi connectivity index (χ0) is 22.8. The Morgan fingerprint density at radius 2 is 2.15 bits per heavy atom. The third kappa shape index (κ3) is 4.29. The number of amides is 1. The fraction of sp³-hybridized carbons (Fsp3) is 0.273. The van der Waals surface area contributed by atoms with Gasteiger partial charge in [-0.2, -0.15) is 0 Å². The molecule has 1 fully saturated rings. The quantitative estimate of drug-likeness (QED) is 0.609. The van der Waals surface area contributed by atoms with E-state index in [1.165, 1.54) is 17.2 Å². The number of halogens is 1. The maximum Gasteiger partial charge on any atom is 0.414 e. The van der Waals surface area contributed by atoms with Gasteiger partial charge in [-0.25, -0.2) is 9.18 Å². The molecule has 2 aliphatic rings. The molecule has 0 radical (unpaired) electrons. The second-order valence-electron chi connectivity index (χ2n) is 7.65. The first-order chi connectivity index (χ1) is 16.1. The van der Waals surface area contributed by atoms with E-state index in [0.717, 1.165) is 0 Å². The second-order valence-corrected chi connectivity index (χ2v) is 7.65. The van der Waals surface area contributed by atoms with E-state index in [1.54, 1.807) is 36.5 Å². The van der Waals surface area contributed by atoms with Gasteiger partial charge in [-0.15, -0.1) is 0 Å². The van der Waals surface area contributed by atoms with Crippen molar-refractivity contribution in [2.45, 2.75) is 6.10 Å². The topological polar surface area (TPSA) is 105 Å². The number of oxime groups is 1. The molecule has 2 aromatic heterocycles. The predicted octanol–water partition coefficient (Wildman–Crippen LogP) is 2.94. The van der Waals surface area contributed by atoms with Crippen molar-refractivity contribution in [3.05, 3.63) is 60.4 Å². The number of benzene rings is 1. The Morgan fingerprint density at radius 1 is 1.24 bits per heavy atom. The lowest BCUT2D eigenvalue weighted by atomic mass is 10.1. The minimum atomic E-state index is -0.528. The van der Waals surface area contributed by atoms with Crippen molar-refractivity contribution in [2.24, 2.45) is 5.16 Å². The molecule has 170 valence electrons. The number of hydrogen-bond acceptors (Lipinski definition) is 9. The number of anilines is 2. The third-order valence-corrected chi connectivity index (χ3v) is 5.42. The molecule has 4 heterocycles. The Morgan fingerprint density at radius 3 is 2.88 bits per heavy atom. The first-order valence-electron chi connectivity index (χ1n) is 10.4. The summed E-state index contributed by atoms with van der Waals surface area (Å²) in [5.41, 5.74) is 2.06. The van der Waals surface area contributed by atoms with Gasteiger partial charge in [0.15, 0.2) is 11.7 Å². The van der Waals surface area contributed by atoms with Crippen LogP contribution >= 0.6 is 0 Å². The number of nitrogens with one attached hydrogen (secondary N) is 1. The van der Waals surface area contributed by atoms with Crippen molar-refractivity contribution < 1.29 is 23.3 Å². The molecule has 11 heteroatoms. The Kier molecular flexibility index (Phi) is 5.51. The first-order valence-corrected chi connectivity index (χ1v) is 10.4. The Balaban J connectivity index is 1.28. The maximum absolute atomic E-state index is 15.0. The molecule has 2 aliphatic heterocycles. The number of hydrogen-bond donors (Lipinski definition) is 1. The number of likely N-dealkylation sites (N-methyl/N-ethyl adjacent to an activating group) is 1. The SMILES string of the molecule is CN1CCON=C1c1ccc(-c2ccc(N3CC(CNc4ccon4)OC3=O)cc2F)cn1. The van der Waals surface area contributed by atoms with E-state index in [1.807, 2.05) is 11.9 Å². The van der Waals surface area contributed by atoms with Gasteiger partial charge in [0, 0.05) is 30.4 Å². The lowest BCUT2D eigenvalue weighted by Gasteiger charge is -2.23. The molecular formula is C22H21FN6O4. The summed E-state index contributed by atoms with van der Waals surface area (Å²) >= 11 is 0. The van der Waals surface area contributed by atoms with Crippen LogP contribution in [0.1, 0.15) is 5.69 Å². The maximum atomic E-state index is 15.0. The normalized spacial score (nSPS) is 18.1. The van der Waals surface area contributed by atoms with E-state index in [2.05, 4.69) is 20.6 Å². The van der Waals surface area contributed by atoms with Gasteiger partial charge in [-0.05, 0) is 24.3 Å². The fourth-order valence-electron chi connectivity index (χ4n) is 3.65. The van der Waals surface area contributed by atoms with E-state index in [9.17, 15) is 9.18 Å². The first kappa shape index (κ1) is 20.7. The fourth-order valence-corrected chi connectivity index (χ4v) is 3.65. The van der Waals surface area contributed by atoms with E-state index >= 15 is 0 Å². The summed E-state index contributed by atoms with van der Waals surface area (Å²) < 4.78 is 25.1. The summed E-state index contributed by atoms with van der Waals surface area (Å²) in [6.45, 7) is 1.89. The molecule has 0 spiro atoms. The predicted molar refractivity (Wildman–Crippen MR) is 117 cm³/mol. The molecule has 1 amide bonds. The van der Waals surface area contributed by atoms with Crippen molar-refractivity contribution in [1.82, 2.24) is 15.0 Å². The molecule has 5 rings (SSSR count). The lowest BCUT2D eigenvalue weighted by Crippen LogP contribution is -2.34. The molecule has 33 heavy (non-hydrogen) atoms. The van der Waals surface area contributed by atoms with Gasteiger partial charge in [0.05, 0.1) is 25.3 Å². The van der Waals surface area contributed by atoms with Crippen molar-refractivity contribution >= 4 is 23.4 Å². The van der Waals surface area contributed by atoms with Crippen molar-refractivity contribution in [2.75, 3.05) is 43.5 Å². The number of pyridine rings is 1. The molecule has 0 bridgehead atoms. The second kappa shape index (κ2) is 8.77. The van der Waals surface area contributed by atoms with Gasteiger partial charge < -0.3 is 24.3 Å². The van der Waals surface area contributed by atoms with E-state index in [4.69, 9.17) is 14.1 Å². The van der Waals surface area contributed by atoms with Gasteiger partial charge in [-0.1, -0.05) is 16.4 Å². The molecule has 1 N–H and O–H groups in total. The van der Waals surface area contributed by atoms with Gasteiger partial charge >= 0.3 is 6.09 Å². The number of nitrogens with zero attached hydrogens (tertiary/aromatic N) is 5. The Bertz CT molecular complexity index is 1170. The summed E-state index contributed by atoms with van der Waals surface area (Å²) in [7, 11) is 1.91. The number of carbonyl (C=O) groups excluding carboxylic acids is 1. The molecule has 1 aromatic carbocycles. The number of ether oxygens (including phenoxy) is 1. The highest BCUT2D eigenvalue weighted by Gasteiger charge is 2.32. The number of cyclic esters (lactones) is 1. The van der Waals surface area contributed by atoms with Crippen LogP contribution in [0.4, 0.5) is 20.7 Å². The van der Waals surface area contributed by atoms with Crippen LogP contribution in [0.2, 0.25) is 0 Å². The number of carbonyl (C=O) groups is 1. The monoisotopic (exact) mass is 452 g/mol. The molecule has 3 aromatic rings. The standard InChI is InChI=1S/C22H21FN6O4/c1-28-7-9-32-27-21(28)19-5-2-14(11-24-19)17-4-3-15(10-18(17)23)29-13-16(33-22(29)30)12-25-20-6-8-31-26-20/h2-6,8,10-11,16H,7,9,12-13H2,1H3,(H,25,26). The zero-order valence-electron chi connectivity index (χ0n) is 17.8. The van der Waals surface area contributed by atoms with Gasteiger partial charge in [0.2, 0.25) is 0 Å². The van der Waals surface area contributed by atoms with Crippen LogP contribution in [0.3, 0.4) is 0 Å². The Hall–Kier alpha value is -4.15. The van der Waals surface area contributed by atoms with Crippen LogP contribution in [0.15, 0.2) is 58.5 Å². The van der Waals surface area contributed by atoms with Crippen molar-refractivity contribution in [3.63, 3.8) is 0 Å². The molecule has 10 nitrogen and oxygen atoms in total. The van der Waals surface area contributed by atoms with E-state index in [-0.39, 0.29) is 6.54 Å². The molecule has 0 aliphatic carbocycles. The average Bonchev–Trinajstić information content (AvgIpc) is 3.48. The van der Waals surface area contributed by atoms with E-state index < -0.39 is 18.0 Å². The summed E-state index contributed by atoms with van der Waals surface area (Å²) in [5.74, 6) is 0.715. The highest BCUT2D eigenvalue weighted by molar-refractivity contribution is 5.97. The third-order valence-electron chi connectivity index (χ3n) is 5.42. The smallest absolute Gasteiger partial charge is 0.414 e.